The summed E-state index contributed by atoms with van der Waals surface area (Å²) >= 11 is 11.0. The molecule has 0 spiro atoms. The number of halogens is 2. The van der Waals surface area contributed by atoms with E-state index in [1.54, 1.807) is 24.3 Å². The molecule has 2 heterocycles. The number of pyridine rings is 1. The molecule has 12 nitrogen and oxygen atoms in total. The molecule has 7 N–H and O–H groups in total. The lowest BCUT2D eigenvalue weighted by Crippen LogP contribution is -2.49. The van der Waals surface area contributed by atoms with E-state index >= 15 is 0 Å². The maximum atomic E-state index is 12.9. The average Bonchev–Trinajstić information content (AvgIpc) is 3.61. The number of amides is 1. The quantitative estimate of drug-likeness (QED) is 0.0288. The lowest BCUT2D eigenvalue weighted by Gasteiger charge is -2.21. The number of carbonyl (C=O) groups is 2. The van der Waals surface area contributed by atoms with E-state index in [1.807, 2.05) is 36.6 Å². The summed E-state index contributed by atoms with van der Waals surface area (Å²) in [4.78, 5) is 34.5. The number of nitrogens with one attached hydrogen (secondary N) is 1. The van der Waals surface area contributed by atoms with E-state index in [9.17, 15) is 20.1 Å². The summed E-state index contributed by atoms with van der Waals surface area (Å²) in [6.45, 7) is 2.46. The van der Waals surface area contributed by atoms with E-state index in [2.05, 4.69) is 45.0 Å². The van der Waals surface area contributed by atoms with E-state index < -0.39 is 24.0 Å². The van der Waals surface area contributed by atoms with Crippen LogP contribution in [0.3, 0.4) is 0 Å². The van der Waals surface area contributed by atoms with Crippen molar-refractivity contribution in [1.82, 2.24) is 15.3 Å². The molecule has 0 aliphatic heterocycles. The number of unbranched alkanes of at least 4 members (excludes halogenated alkanes) is 1. The van der Waals surface area contributed by atoms with Crippen molar-refractivity contribution in [3.63, 3.8) is 0 Å². The highest BCUT2D eigenvalue weighted by molar-refractivity contribution is 14.1. The summed E-state index contributed by atoms with van der Waals surface area (Å²) in [5.74, 6) is -0.0554. The Balaban J connectivity index is 1.38. The third-order valence-corrected chi connectivity index (χ3v) is 10.3. The third-order valence-electron chi connectivity index (χ3n) is 7.62. The minimum Gasteiger partial charge on any atom is -0.490 e. The molecule has 0 saturated carbocycles. The summed E-state index contributed by atoms with van der Waals surface area (Å²) in [7, 11) is 0. The number of nitriles is 2. The van der Waals surface area contributed by atoms with Crippen LogP contribution in [-0.2, 0) is 20.1 Å². The van der Waals surface area contributed by atoms with Crippen molar-refractivity contribution >= 4 is 75.0 Å². The van der Waals surface area contributed by atoms with E-state index in [1.165, 1.54) is 23.1 Å². The summed E-state index contributed by atoms with van der Waals surface area (Å²) in [6.07, 6.45) is 2.34. The van der Waals surface area contributed by atoms with Crippen LogP contribution in [0.5, 0.6) is 5.75 Å². The number of nitrogens with zero attached hydrogens (tertiary/aromatic N) is 4. The molecule has 0 saturated heterocycles. The highest BCUT2D eigenvalue weighted by Gasteiger charge is 2.26. The molecule has 272 valence electrons. The fraction of sp³-hybridized carbons (Fsp3) is 0.333. The van der Waals surface area contributed by atoms with Gasteiger partial charge in [-0.2, -0.15) is 10.5 Å². The van der Waals surface area contributed by atoms with Crippen LogP contribution in [0, 0.1) is 22.7 Å². The molecule has 1 amide bonds. The average molecular weight is 873 g/mol. The summed E-state index contributed by atoms with van der Waals surface area (Å²) < 4.78 is 11.3. The van der Waals surface area contributed by atoms with Crippen molar-refractivity contribution in [1.29, 1.82) is 10.5 Å². The van der Waals surface area contributed by atoms with Gasteiger partial charge in [0.25, 0.3) is 0 Å². The number of carbonyl (C=O) groups excluding carboxylic acids is 2. The Bertz CT molecular complexity index is 1910. The third kappa shape index (κ3) is 11.5. The molecular formula is C36H38ClIN8O4S2. The fourth-order valence-corrected chi connectivity index (χ4v) is 7.46. The first-order valence-electron chi connectivity index (χ1n) is 16.3. The maximum absolute atomic E-state index is 12.9. The van der Waals surface area contributed by atoms with Gasteiger partial charge >= 0.3 is 5.97 Å². The Morgan fingerprint density at radius 2 is 1.73 bits per heavy atom. The molecule has 2 aromatic heterocycles. The number of hydrogen-bond acceptors (Lipinski definition) is 13. The first-order chi connectivity index (χ1) is 25.0. The number of ether oxygens (including phenoxy) is 2. The second kappa shape index (κ2) is 20.3. The highest BCUT2D eigenvalue weighted by atomic mass is 127. The van der Waals surface area contributed by atoms with E-state index in [4.69, 9.17) is 43.3 Å². The van der Waals surface area contributed by atoms with Gasteiger partial charge in [0.1, 0.15) is 58.6 Å². The van der Waals surface area contributed by atoms with E-state index in [0.29, 0.717) is 52.1 Å². The number of esters is 1. The topological polar surface area (TPSA) is 216 Å². The van der Waals surface area contributed by atoms with Crippen LogP contribution in [0.15, 0.2) is 58.9 Å². The molecule has 1 unspecified atom stereocenters. The number of aromatic nitrogens is 2. The van der Waals surface area contributed by atoms with Gasteiger partial charge < -0.3 is 32.0 Å². The monoisotopic (exact) mass is 872 g/mol. The number of thiazole rings is 1. The van der Waals surface area contributed by atoms with Crippen molar-refractivity contribution in [2.24, 2.45) is 11.5 Å². The van der Waals surface area contributed by atoms with Gasteiger partial charge in [0.15, 0.2) is 0 Å². The largest absolute Gasteiger partial charge is 0.490 e. The molecule has 0 bridgehead atoms. The van der Waals surface area contributed by atoms with Crippen LogP contribution < -0.4 is 27.3 Å². The van der Waals surface area contributed by atoms with Crippen molar-refractivity contribution in [2.45, 2.75) is 59.4 Å². The van der Waals surface area contributed by atoms with Gasteiger partial charge in [0, 0.05) is 31.2 Å². The molecule has 0 aliphatic rings. The molecule has 3 atom stereocenters. The van der Waals surface area contributed by atoms with Crippen LogP contribution in [0.25, 0.3) is 21.7 Å². The normalized spacial score (nSPS) is 12.6. The predicted octanol–water partition coefficient (Wildman–Crippen LogP) is 6.22. The number of hydrogen-bond donors (Lipinski definition) is 4. The molecule has 0 fully saturated rings. The Labute approximate surface area is 329 Å². The fourth-order valence-electron chi connectivity index (χ4n) is 5.01. The Hall–Kier alpha value is -3.97. The zero-order valence-electron chi connectivity index (χ0n) is 28.3. The molecule has 4 rings (SSSR count). The Morgan fingerprint density at radius 3 is 2.38 bits per heavy atom. The van der Waals surface area contributed by atoms with Gasteiger partial charge in [-0.25, -0.2) is 14.8 Å². The van der Waals surface area contributed by atoms with Gasteiger partial charge in [0.2, 0.25) is 5.91 Å². The van der Waals surface area contributed by atoms with Crippen LogP contribution in [-0.4, -0.2) is 57.6 Å². The Kier molecular flexibility index (Phi) is 15.9. The van der Waals surface area contributed by atoms with Gasteiger partial charge in [-0.3, -0.25) is 4.79 Å². The van der Waals surface area contributed by atoms with Crippen molar-refractivity contribution in [3.8, 4) is 39.6 Å². The van der Waals surface area contributed by atoms with Crippen LogP contribution >= 0.6 is 57.3 Å². The van der Waals surface area contributed by atoms with Crippen LogP contribution in [0.1, 0.15) is 49.4 Å². The van der Waals surface area contributed by atoms with Crippen molar-refractivity contribution in [3.05, 3.63) is 75.8 Å². The van der Waals surface area contributed by atoms with Gasteiger partial charge in [-0.05, 0) is 55.6 Å². The lowest BCUT2D eigenvalue weighted by atomic mass is 9.97. The molecule has 4 aromatic rings. The minimum absolute atomic E-state index is 0.0151. The number of alkyl halides is 1. The molecule has 52 heavy (non-hydrogen) atoms. The molecule has 0 aliphatic carbocycles. The van der Waals surface area contributed by atoms with Gasteiger partial charge in [-0.1, -0.05) is 83.6 Å². The number of nitrogens with two attached hydrogens (primary N) is 3. The van der Waals surface area contributed by atoms with Crippen molar-refractivity contribution < 1.29 is 19.1 Å². The lowest BCUT2D eigenvalue weighted by molar-refractivity contribution is -0.148. The van der Waals surface area contributed by atoms with E-state index in [-0.39, 0.29) is 34.1 Å². The highest BCUT2D eigenvalue weighted by Crippen LogP contribution is 2.37. The number of rotatable bonds is 18. The van der Waals surface area contributed by atoms with Gasteiger partial charge in [0.05, 0.1) is 17.3 Å². The second-order valence-corrected chi connectivity index (χ2v) is 16.0. The first-order valence-corrected chi connectivity index (χ1v) is 19.8. The Morgan fingerprint density at radius 1 is 1.04 bits per heavy atom. The summed E-state index contributed by atoms with van der Waals surface area (Å²) in [5, 5.41) is 26.7. The first kappa shape index (κ1) is 40.8. The molecule has 0 radical (unpaired) electrons. The number of anilines is 1. The number of thioether (sulfide) groups is 1. The van der Waals surface area contributed by atoms with E-state index in [0.717, 1.165) is 29.1 Å². The smallest absolute Gasteiger partial charge is 0.328 e. The SMILES string of the molecule is CC(I)C[C@H](NC(=O)[C@@H](N)CCCCN)C(=O)OCCOc1ccc(-c2c(C#N)c(N)nc(SCc3csc(-c4ccc(Cl)cc4)n3)c2C#N)cc1. The summed E-state index contributed by atoms with van der Waals surface area (Å²) in [5.41, 5.74) is 20.8. The van der Waals surface area contributed by atoms with Crippen LogP contribution in [0.4, 0.5) is 5.82 Å². The van der Waals surface area contributed by atoms with Gasteiger partial charge in [-0.15, -0.1) is 11.3 Å². The number of benzene rings is 2. The minimum atomic E-state index is -0.841. The van der Waals surface area contributed by atoms with Crippen molar-refractivity contribution in [2.75, 3.05) is 25.5 Å². The second-order valence-electron chi connectivity index (χ2n) is 11.6. The molecule has 2 aromatic carbocycles. The summed E-state index contributed by atoms with van der Waals surface area (Å²) in [6, 6.07) is 17.0. The molecular weight excluding hydrogens is 835 g/mol. The maximum Gasteiger partial charge on any atom is 0.328 e. The zero-order chi connectivity index (χ0) is 37.6. The number of nitrogen functional groups attached to an aromatic ring is 1. The van der Waals surface area contributed by atoms with Crippen LogP contribution in [0.2, 0.25) is 5.02 Å². The predicted molar refractivity (Wildman–Crippen MR) is 213 cm³/mol. The standard InChI is InChI=1S/C36H38ClIN8O4S2/c1-21(38)16-30(45-33(47)29(42)4-2-3-13-39)36(48)50-15-14-49-26-11-7-22(8-12-26)31-27(17-40)32(43)46-35(28(31)18-41)52-20-25-19-51-34(44-25)23-5-9-24(37)10-6-23/h5-12,19,21,29-30H,2-4,13-16,20,39,42H2,1H3,(H2,43,46)(H,45,47)/t21?,29-,30-/m0/s1. The molecule has 16 heteroatoms. The zero-order valence-corrected chi connectivity index (χ0v) is 32.9.